The van der Waals surface area contributed by atoms with Crippen LogP contribution in [0.1, 0.15) is 17.2 Å². The zero-order valence-corrected chi connectivity index (χ0v) is 9.20. The number of rotatable bonds is 0. The molecule has 0 amide bonds. The summed E-state index contributed by atoms with van der Waals surface area (Å²) in [6.45, 7) is 1.74. The van der Waals surface area contributed by atoms with Crippen molar-refractivity contribution in [2.75, 3.05) is 13.6 Å². The fourth-order valence-electron chi connectivity index (χ4n) is 2.53. The molecule has 16 heavy (non-hydrogen) atoms. The van der Waals surface area contributed by atoms with Crippen LogP contribution < -0.4 is 0 Å². The monoisotopic (exact) mass is 211 g/mol. The maximum atomic E-state index is 9.18. The number of benzene rings is 1. The van der Waals surface area contributed by atoms with Crippen LogP contribution >= 0.6 is 0 Å². The number of hydrogen-bond donors (Lipinski definition) is 1. The van der Waals surface area contributed by atoms with Crippen LogP contribution in [-0.2, 0) is 6.54 Å². The van der Waals surface area contributed by atoms with E-state index in [4.69, 9.17) is 0 Å². The number of hydrogen-bond acceptors (Lipinski definition) is 2. The van der Waals surface area contributed by atoms with Gasteiger partial charge in [-0.2, -0.15) is 5.26 Å². The molecule has 1 aliphatic heterocycles. The van der Waals surface area contributed by atoms with Crippen LogP contribution in [0, 0.1) is 11.3 Å². The first-order valence-electron chi connectivity index (χ1n) is 5.47. The van der Waals surface area contributed by atoms with Gasteiger partial charge in [-0.1, -0.05) is 18.2 Å². The molecule has 0 fully saturated rings. The van der Waals surface area contributed by atoms with Gasteiger partial charge in [0.05, 0.1) is 12.0 Å². The molecule has 1 atom stereocenters. The number of aromatic amines is 1. The molecule has 2 heterocycles. The summed E-state index contributed by atoms with van der Waals surface area (Å²) in [7, 11) is 2.06. The molecule has 1 aromatic carbocycles. The van der Waals surface area contributed by atoms with Crippen LogP contribution in [0.15, 0.2) is 24.3 Å². The number of fused-ring (bicyclic) bond motifs is 3. The van der Waals surface area contributed by atoms with E-state index >= 15 is 0 Å². The Hall–Kier alpha value is -1.79. The van der Waals surface area contributed by atoms with E-state index in [1.807, 2.05) is 12.1 Å². The summed E-state index contributed by atoms with van der Waals surface area (Å²) in [5.41, 5.74) is 3.54. The zero-order valence-electron chi connectivity index (χ0n) is 9.20. The van der Waals surface area contributed by atoms with Gasteiger partial charge in [0.15, 0.2) is 0 Å². The lowest BCUT2D eigenvalue weighted by Crippen LogP contribution is -2.29. The summed E-state index contributed by atoms with van der Waals surface area (Å²) in [5, 5.41) is 10.4. The summed E-state index contributed by atoms with van der Waals surface area (Å²) in [6.07, 6.45) is 0. The van der Waals surface area contributed by atoms with Gasteiger partial charge in [-0.05, 0) is 18.7 Å². The van der Waals surface area contributed by atoms with Gasteiger partial charge >= 0.3 is 0 Å². The Morgan fingerprint density at radius 1 is 1.44 bits per heavy atom. The minimum atomic E-state index is -0.0267. The Morgan fingerprint density at radius 3 is 3.06 bits per heavy atom. The largest absolute Gasteiger partial charge is 0.357 e. The molecule has 3 heteroatoms. The van der Waals surface area contributed by atoms with Crippen molar-refractivity contribution in [1.29, 1.82) is 5.26 Å². The fourth-order valence-corrected chi connectivity index (χ4v) is 2.53. The van der Waals surface area contributed by atoms with E-state index in [2.05, 4.69) is 35.1 Å². The fraction of sp³-hybridized carbons (Fsp3) is 0.308. The SMILES string of the molecule is CN1Cc2c([nH]c3ccccc23)C(C#N)C1. The van der Waals surface area contributed by atoms with E-state index in [0.717, 1.165) is 24.3 Å². The minimum Gasteiger partial charge on any atom is -0.357 e. The lowest BCUT2D eigenvalue weighted by Gasteiger charge is -2.26. The lowest BCUT2D eigenvalue weighted by molar-refractivity contribution is 0.300. The third-order valence-electron chi connectivity index (χ3n) is 3.27. The molecule has 1 aromatic heterocycles. The molecule has 0 saturated heterocycles. The van der Waals surface area contributed by atoms with Gasteiger partial charge in [-0.25, -0.2) is 0 Å². The van der Waals surface area contributed by atoms with E-state index < -0.39 is 0 Å². The van der Waals surface area contributed by atoms with Crippen molar-refractivity contribution in [3.63, 3.8) is 0 Å². The predicted octanol–water partition coefficient (Wildman–Crippen LogP) is 2.22. The van der Waals surface area contributed by atoms with Crippen LogP contribution in [0.2, 0.25) is 0 Å². The van der Waals surface area contributed by atoms with Crippen molar-refractivity contribution in [3.05, 3.63) is 35.5 Å². The van der Waals surface area contributed by atoms with Crippen LogP contribution in [0.4, 0.5) is 0 Å². The molecule has 1 unspecified atom stereocenters. The van der Waals surface area contributed by atoms with Crippen LogP contribution in [-0.4, -0.2) is 23.5 Å². The summed E-state index contributed by atoms with van der Waals surface area (Å²) in [5.74, 6) is -0.0267. The Bertz CT molecular complexity index is 576. The van der Waals surface area contributed by atoms with Gasteiger partial charge in [0.2, 0.25) is 0 Å². The number of nitrogens with one attached hydrogen (secondary N) is 1. The third-order valence-corrected chi connectivity index (χ3v) is 3.27. The molecule has 0 saturated carbocycles. The van der Waals surface area contributed by atoms with Crippen LogP contribution in [0.3, 0.4) is 0 Å². The van der Waals surface area contributed by atoms with E-state index in [0.29, 0.717) is 0 Å². The standard InChI is InChI=1S/C13H13N3/c1-16-7-9(6-14)13-11(8-16)10-4-2-3-5-12(10)15-13/h2-5,9,15H,7-8H2,1H3. The highest BCUT2D eigenvalue weighted by atomic mass is 15.1. The molecule has 3 nitrogen and oxygen atoms in total. The van der Waals surface area contributed by atoms with E-state index in [1.165, 1.54) is 10.9 Å². The average molecular weight is 211 g/mol. The highest BCUT2D eigenvalue weighted by Gasteiger charge is 2.26. The number of aromatic nitrogens is 1. The van der Waals surface area contributed by atoms with Crippen LogP contribution in [0.5, 0.6) is 0 Å². The molecule has 0 spiro atoms. The summed E-state index contributed by atoms with van der Waals surface area (Å²) < 4.78 is 0. The van der Waals surface area contributed by atoms with Gasteiger partial charge in [0.25, 0.3) is 0 Å². The van der Waals surface area contributed by atoms with Crippen molar-refractivity contribution in [3.8, 4) is 6.07 Å². The summed E-state index contributed by atoms with van der Waals surface area (Å²) >= 11 is 0. The maximum Gasteiger partial charge on any atom is 0.0992 e. The average Bonchev–Trinajstić information content (AvgIpc) is 2.67. The van der Waals surface area contributed by atoms with Gasteiger partial charge in [0, 0.05) is 29.7 Å². The second-order valence-electron chi connectivity index (χ2n) is 4.44. The molecule has 0 radical (unpaired) electrons. The Morgan fingerprint density at radius 2 is 2.25 bits per heavy atom. The minimum absolute atomic E-state index is 0.0267. The normalized spacial score (nSPS) is 20.6. The molecule has 2 aromatic rings. The highest BCUT2D eigenvalue weighted by molar-refractivity contribution is 5.85. The Kier molecular flexibility index (Phi) is 1.98. The van der Waals surface area contributed by atoms with E-state index in [1.54, 1.807) is 0 Å². The third kappa shape index (κ3) is 1.24. The number of para-hydroxylation sites is 1. The number of H-pyrrole nitrogens is 1. The van der Waals surface area contributed by atoms with Crippen molar-refractivity contribution >= 4 is 10.9 Å². The van der Waals surface area contributed by atoms with Crippen molar-refractivity contribution in [1.82, 2.24) is 9.88 Å². The first-order chi connectivity index (χ1) is 7.79. The van der Waals surface area contributed by atoms with Gasteiger partial charge < -0.3 is 9.88 Å². The highest BCUT2D eigenvalue weighted by Crippen LogP contribution is 2.32. The Labute approximate surface area is 94.3 Å². The maximum absolute atomic E-state index is 9.18. The molecular weight excluding hydrogens is 198 g/mol. The van der Waals surface area contributed by atoms with E-state index in [9.17, 15) is 5.26 Å². The zero-order chi connectivity index (χ0) is 11.1. The lowest BCUT2D eigenvalue weighted by atomic mass is 9.96. The second kappa shape index (κ2) is 3.36. The molecule has 1 N–H and O–H groups in total. The molecule has 0 bridgehead atoms. The quantitative estimate of drug-likeness (QED) is 0.726. The van der Waals surface area contributed by atoms with E-state index in [-0.39, 0.29) is 5.92 Å². The number of likely N-dealkylation sites (N-methyl/N-ethyl adjacent to an activating group) is 1. The summed E-state index contributed by atoms with van der Waals surface area (Å²) in [6, 6.07) is 10.6. The molecule has 80 valence electrons. The van der Waals surface area contributed by atoms with Crippen molar-refractivity contribution in [2.24, 2.45) is 0 Å². The first kappa shape index (κ1) is 9.44. The smallest absolute Gasteiger partial charge is 0.0992 e. The van der Waals surface area contributed by atoms with Crippen molar-refractivity contribution < 1.29 is 0 Å². The Balaban J connectivity index is 2.27. The van der Waals surface area contributed by atoms with Gasteiger partial charge in [0.1, 0.15) is 0 Å². The van der Waals surface area contributed by atoms with Crippen LogP contribution in [0.25, 0.3) is 10.9 Å². The van der Waals surface area contributed by atoms with Gasteiger partial charge in [-0.3, -0.25) is 0 Å². The molecule has 1 aliphatic rings. The number of nitrogens with zero attached hydrogens (tertiary/aromatic N) is 2. The van der Waals surface area contributed by atoms with Crippen molar-refractivity contribution in [2.45, 2.75) is 12.5 Å². The molecule has 0 aliphatic carbocycles. The second-order valence-corrected chi connectivity index (χ2v) is 4.44. The topological polar surface area (TPSA) is 42.8 Å². The first-order valence-corrected chi connectivity index (χ1v) is 5.47. The predicted molar refractivity (Wildman–Crippen MR) is 63.0 cm³/mol. The molecular formula is C13H13N3. The molecule has 3 rings (SSSR count). The summed E-state index contributed by atoms with van der Waals surface area (Å²) in [4.78, 5) is 5.59. The number of nitriles is 1. The van der Waals surface area contributed by atoms with Gasteiger partial charge in [-0.15, -0.1) is 0 Å².